The van der Waals surface area contributed by atoms with E-state index in [9.17, 15) is 5.11 Å². The Kier molecular flexibility index (Phi) is 5.30. The van der Waals surface area contributed by atoms with Crippen molar-refractivity contribution in [3.05, 3.63) is 0 Å². The zero-order valence-electron chi connectivity index (χ0n) is 13.3. The molecule has 112 valence electrons. The van der Waals surface area contributed by atoms with Crippen molar-refractivity contribution in [2.45, 2.75) is 71.9 Å². The molecule has 1 N–H and O–H groups in total. The molecule has 0 saturated heterocycles. The maximum absolute atomic E-state index is 10.4. The van der Waals surface area contributed by atoms with Crippen LogP contribution in [0.15, 0.2) is 0 Å². The van der Waals surface area contributed by atoms with Crippen LogP contribution in [0.25, 0.3) is 0 Å². The lowest BCUT2D eigenvalue weighted by Crippen LogP contribution is -2.43. The molecule has 2 heteroatoms. The summed E-state index contributed by atoms with van der Waals surface area (Å²) in [5.74, 6) is 2.67. The highest BCUT2D eigenvalue weighted by molar-refractivity contribution is 4.90. The molecule has 0 heterocycles. The Bertz CT molecular complexity index is 262. The van der Waals surface area contributed by atoms with Crippen LogP contribution in [0.4, 0.5) is 0 Å². The molecule has 0 aromatic heterocycles. The summed E-state index contributed by atoms with van der Waals surface area (Å²) in [5.41, 5.74) is 0. The van der Waals surface area contributed by atoms with Crippen molar-refractivity contribution >= 4 is 0 Å². The molecule has 0 spiro atoms. The molecule has 2 aliphatic carbocycles. The molecular weight excluding hydrogens is 234 g/mol. The Hall–Kier alpha value is -0.0800. The van der Waals surface area contributed by atoms with Gasteiger partial charge in [-0.15, -0.1) is 0 Å². The highest BCUT2D eigenvalue weighted by Crippen LogP contribution is 2.36. The fourth-order valence-corrected chi connectivity index (χ4v) is 3.73. The molecule has 4 unspecified atom stereocenters. The maximum Gasteiger partial charge on any atom is 0.0585 e. The highest BCUT2D eigenvalue weighted by Gasteiger charge is 2.37. The Morgan fingerprint density at radius 3 is 2.37 bits per heavy atom. The van der Waals surface area contributed by atoms with Crippen LogP contribution in [0.5, 0.6) is 0 Å². The minimum Gasteiger partial charge on any atom is -0.393 e. The quantitative estimate of drug-likeness (QED) is 0.795. The predicted octanol–water partition coefficient (Wildman–Crippen LogP) is 3.54. The summed E-state index contributed by atoms with van der Waals surface area (Å²) in [6.07, 6.45) is 6.29. The van der Waals surface area contributed by atoms with E-state index in [1.165, 1.54) is 32.2 Å². The van der Waals surface area contributed by atoms with Crippen molar-refractivity contribution in [2.24, 2.45) is 23.7 Å². The van der Waals surface area contributed by atoms with Crippen LogP contribution in [0.3, 0.4) is 0 Å². The van der Waals surface area contributed by atoms with Crippen molar-refractivity contribution in [3.8, 4) is 0 Å². The number of aliphatic hydroxyl groups excluding tert-OH is 1. The standard InChI is InChI=1S/C17H33NO/c1-12(2)7-8-18(15-5-6-15)11-16-14(4)9-13(3)10-17(16)19/h12-17,19H,5-11H2,1-4H3. The molecule has 0 radical (unpaired) electrons. The van der Waals surface area contributed by atoms with Crippen molar-refractivity contribution < 1.29 is 5.11 Å². The Balaban J connectivity index is 1.88. The molecule has 0 aromatic rings. The molecular formula is C17H33NO. The van der Waals surface area contributed by atoms with Crippen LogP contribution >= 0.6 is 0 Å². The van der Waals surface area contributed by atoms with Gasteiger partial charge in [-0.1, -0.05) is 27.7 Å². The first kappa shape index (κ1) is 15.3. The fourth-order valence-electron chi connectivity index (χ4n) is 3.73. The third kappa shape index (κ3) is 4.46. The van der Waals surface area contributed by atoms with Gasteiger partial charge < -0.3 is 5.11 Å². The highest BCUT2D eigenvalue weighted by atomic mass is 16.3. The summed E-state index contributed by atoms with van der Waals surface area (Å²) >= 11 is 0. The van der Waals surface area contributed by atoms with E-state index >= 15 is 0 Å². The zero-order valence-corrected chi connectivity index (χ0v) is 13.3. The summed E-state index contributed by atoms with van der Waals surface area (Å²) in [6.45, 7) is 11.6. The summed E-state index contributed by atoms with van der Waals surface area (Å²) < 4.78 is 0. The molecule has 2 saturated carbocycles. The number of aliphatic hydroxyl groups is 1. The smallest absolute Gasteiger partial charge is 0.0585 e. The van der Waals surface area contributed by atoms with E-state index in [1.807, 2.05) is 0 Å². The van der Waals surface area contributed by atoms with Crippen molar-refractivity contribution in [1.29, 1.82) is 0 Å². The fraction of sp³-hybridized carbons (Fsp3) is 1.00. The normalized spacial score (nSPS) is 36.2. The molecule has 0 aliphatic heterocycles. The second kappa shape index (κ2) is 6.58. The Morgan fingerprint density at radius 1 is 1.16 bits per heavy atom. The second-order valence-corrected chi connectivity index (χ2v) is 7.69. The number of rotatable bonds is 6. The van der Waals surface area contributed by atoms with Crippen molar-refractivity contribution in [3.63, 3.8) is 0 Å². The van der Waals surface area contributed by atoms with Gasteiger partial charge in [-0.2, -0.15) is 0 Å². The lowest BCUT2D eigenvalue weighted by Gasteiger charge is -2.40. The lowest BCUT2D eigenvalue weighted by molar-refractivity contribution is -0.00392. The van der Waals surface area contributed by atoms with Gasteiger partial charge in [0, 0.05) is 18.5 Å². The first-order valence-electron chi connectivity index (χ1n) is 8.39. The van der Waals surface area contributed by atoms with Gasteiger partial charge in [-0.3, -0.25) is 4.90 Å². The average molecular weight is 267 g/mol. The molecule has 19 heavy (non-hydrogen) atoms. The van der Waals surface area contributed by atoms with Gasteiger partial charge in [0.2, 0.25) is 0 Å². The molecule has 0 aromatic carbocycles. The first-order chi connectivity index (χ1) is 8.97. The largest absolute Gasteiger partial charge is 0.393 e. The van der Waals surface area contributed by atoms with Crippen LogP contribution in [-0.4, -0.2) is 35.2 Å². The maximum atomic E-state index is 10.4. The number of nitrogens with zero attached hydrogens (tertiary/aromatic N) is 1. The summed E-state index contributed by atoms with van der Waals surface area (Å²) in [6, 6.07) is 0.831. The Morgan fingerprint density at radius 2 is 1.84 bits per heavy atom. The van der Waals surface area contributed by atoms with Crippen LogP contribution in [0, 0.1) is 23.7 Å². The number of hydrogen-bond acceptors (Lipinski definition) is 2. The van der Waals surface area contributed by atoms with Gasteiger partial charge in [0.25, 0.3) is 0 Å². The van der Waals surface area contributed by atoms with Crippen molar-refractivity contribution in [2.75, 3.05) is 13.1 Å². The van der Waals surface area contributed by atoms with Crippen LogP contribution in [-0.2, 0) is 0 Å². The number of hydrogen-bond donors (Lipinski definition) is 1. The topological polar surface area (TPSA) is 23.5 Å². The van der Waals surface area contributed by atoms with Crippen LogP contribution in [0.1, 0.15) is 59.8 Å². The molecule has 2 rings (SSSR count). The molecule has 2 nitrogen and oxygen atoms in total. The minimum absolute atomic E-state index is 0.0703. The van der Waals surface area contributed by atoms with E-state index in [0.717, 1.165) is 24.9 Å². The Labute approximate surface area is 119 Å². The molecule has 2 fully saturated rings. The van der Waals surface area contributed by atoms with E-state index in [4.69, 9.17) is 0 Å². The first-order valence-corrected chi connectivity index (χ1v) is 8.39. The van der Waals surface area contributed by atoms with Crippen LogP contribution < -0.4 is 0 Å². The van der Waals surface area contributed by atoms with E-state index in [-0.39, 0.29) is 6.10 Å². The average Bonchev–Trinajstić information content (AvgIpc) is 3.10. The molecule has 2 aliphatic rings. The minimum atomic E-state index is -0.0703. The van der Waals surface area contributed by atoms with Gasteiger partial charge in [-0.05, 0) is 56.4 Å². The third-order valence-electron chi connectivity index (χ3n) is 5.15. The van der Waals surface area contributed by atoms with Gasteiger partial charge in [-0.25, -0.2) is 0 Å². The molecule has 4 atom stereocenters. The van der Waals surface area contributed by atoms with Gasteiger partial charge in [0.15, 0.2) is 0 Å². The van der Waals surface area contributed by atoms with E-state index < -0.39 is 0 Å². The lowest BCUT2D eigenvalue weighted by atomic mass is 9.73. The van der Waals surface area contributed by atoms with Crippen LogP contribution in [0.2, 0.25) is 0 Å². The predicted molar refractivity (Wildman–Crippen MR) is 81.1 cm³/mol. The second-order valence-electron chi connectivity index (χ2n) is 7.69. The van der Waals surface area contributed by atoms with Crippen molar-refractivity contribution in [1.82, 2.24) is 4.90 Å². The van der Waals surface area contributed by atoms with Gasteiger partial charge in [0.1, 0.15) is 0 Å². The van der Waals surface area contributed by atoms with Gasteiger partial charge in [0.05, 0.1) is 6.10 Å². The van der Waals surface area contributed by atoms with E-state index in [0.29, 0.717) is 17.8 Å². The van der Waals surface area contributed by atoms with E-state index in [1.54, 1.807) is 0 Å². The van der Waals surface area contributed by atoms with Gasteiger partial charge >= 0.3 is 0 Å². The molecule has 0 bridgehead atoms. The van der Waals surface area contributed by atoms with E-state index in [2.05, 4.69) is 32.6 Å². The molecule has 0 amide bonds. The zero-order chi connectivity index (χ0) is 14.0. The third-order valence-corrected chi connectivity index (χ3v) is 5.15. The monoisotopic (exact) mass is 267 g/mol. The SMILES string of the molecule is CC(C)CCN(CC1C(C)CC(C)CC1O)C1CC1. The summed E-state index contributed by atoms with van der Waals surface area (Å²) in [5, 5.41) is 10.4. The summed E-state index contributed by atoms with van der Waals surface area (Å²) in [7, 11) is 0. The summed E-state index contributed by atoms with van der Waals surface area (Å²) in [4.78, 5) is 2.68.